The Kier molecular flexibility index (Phi) is 4.80. The number of nitro benzene ring substituents is 1. The third-order valence-corrected chi connectivity index (χ3v) is 3.95. The van der Waals surface area contributed by atoms with Crippen molar-refractivity contribution in [2.45, 2.75) is 38.3 Å². The molecule has 1 aliphatic rings. The van der Waals surface area contributed by atoms with Crippen molar-refractivity contribution >= 4 is 23.2 Å². The molecule has 2 atom stereocenters. The normalized spacial score (nSPS) is 19.6. The number of carbonyl (C=O) groups excluding carboxylic acids is 1. The number of amides is 1. The summed E-state index contributed by atoms with van der Waals surface area (Å²) >= 11 is 5.84. The molecule has 1 heterocycles. The van der Waals surface area contributed by atoms with Crippen molar-refractivity contribution in [1.29, 1.82) is 0 Å². The molecule has 114 valence electrons. The summed E-state index contributed by atoms with van der Waals surface area (Å²) in [5.41, 5.74) is 0.123. The third kappa shape index (κ3) is 3.51. The maximum absolute atomic E-state index is 12.5. The first-order chi connectivity index (χ1) is 9.90. The summed E-state index contributed by atoms with van der Waals surface area (Å²) in [5.74, 6) is -0.199. The zero-order chi connectivity index (χ0) is 15.6. The second-order valence-electron chi connectivity index (χ2n) is 5.30. The van der Waals surface area contributed by atoms with Crippen molar-refractivity contribution in [3.63, 3.8) is 0 Å². The van der Waals surface area contributed by atoms with Gasteiger partial charge >= 0.3 is 0 Å². The van der Waals surface area contributed by atoms with Crippen LogP contribution in [0.5, 0.6) is 0 Å². The highest BCUT2D eigenvalue weighted by molar-refractivity contribution is 6.33. The van der Waals surface area contributed by atoms with E-state index in [1.165, 1.54) is 18.2 Å². The number of rotatable bonds is 4. The molecule has 1 saturated heterocycles. The Bertz CT molecular complexity index is 562. The summed E-state index contributed by atoms with van der Waals surface area (Å²) in [6.45, 7) is 2.33. The topological polar surface area (TPSA) is 83.7 Å². The second-order valence-corrected chi connectivity index (χ2v) is 5.71. The number of benzene rings is 1. The summed E-state index contributed by atoms with van der Waals surface area (Å²) in [6, 6.07) is 4.01. The maximum atomic E-state index is 12.5. The highest BCUT2D eigenvalue weighted by Crippen LogP contribution is 2.28. The van der Waals surface area contributed by atoms with E-state index in [0.29, 0.717) is 18.5 Å². The molecule has 7 heteroatoms. The number of nitro groups is 1. The molecule has 1 aliphatic heterocycles. The zero-order valence-corrected chi connectivity index (χ0v) is 12.4. The van der Waals surface area contributed by atoms with Gasteiger partial charge in [0.2, 0.25) is 0 Å². The van der Waals surface area contributed by atoms with Crippen LogP contribution in [-0.4, -0.2) is 39.5 Å². The van der Waals surface area contributed by atoms with Crippen LogP contribution in [0.2, 0.25) is 5.02 Å². The Hall–Kier alpha value is -1.66. The van der Waals surface area contributed by atoms with Crippen molar-refractivity contribution < 1.29 is 14.8 Å². The molecule has 0 unspecified atom stereocenters. The second kappa shape index (κ2) is 6.41. The number of nitrogens with zero attached hydrogens (tertiary/aromatic N) is 2. The molecule has 0 spiro atoms. The molecule has 2 rings (SSSR count). The van der Waals surface area contributed by atoms with Crippen molar-refractivity contribution in [2.24, 2.45) is 0 Å². The minimum absolute atomic E-state index is 0.00599. The van der Waals surface area contributed by atoms with E-state index < -0.39 is 11.0 Å². The van der Waals surface area contributed by atoms with Crippen LogP contribution in [0.15, 0.2) is 18.2 Å². The maximum Gasteiger partial charge on any atom is 0.287 e. The van der Waals surface area contributed by atoms with Gasteiger partial charge in [-0.1, -0.05) is 11.6 Å². The molecule has 1 aromatic rings. The van der Waals surface area contributed by atoms with Gasteiger partial charge in [0.15, 0.2) is 0 Å². The average molecular weight is 313 g/mol. The van der Waals surface area contributed by atoms with Crippen molar-refractivity contribution in [3.05, 3.63) is 38.9 Å². The van der Waals surface area contributed by atoms with E-state index in [4.69, 9.17) is 11.6 Å². The monoisotopic (exact) mass is 312 g/mol. The van der Waals surface area contributed by atoms with Gasteiger partial charge in [-0.15, -0.1) is 0 Å². The minimum atomic E-state index is -0.581. The van der Waals surface area contributed by atoms with E-state index in [9.17, 15) is 20.0 Å². The van der Waals surface area contributed by atoms with Gasteiger partial charge in [0.05, 0.1) is 11.0 Å². The van der Waals surface area contributed by atoms with Crippen molar-refractivity contribution in [2.75, 3.05) is 6.54 Å². The molecule has 1 fully saturated rings. The molecule has 0 aromatic heterocycles. The predicted octanol–water partition coefficient (Wildman–Crippen LogP) is 2.62. The van der Waals surface area contributed by atoms with E-state index in [0.717, 1.165) is 12.8 Å². The fourth-order valence-electron chi connectivity index (χ4n) is 2.70. The van der Waals surface area contributed by atoms with Crippen LogP contribution in [0, 0.1) is 10.1 Å². The van der Waals surface area contributed by atoms with E-state index in [1.54, 1.807) is 11.8 Å². The number of hydrogen-bond acceptors (Lipinski definition) is 4. The van der Waals surface area contributed by atoms with Crippen LogP contribution in [-0.2, 0) is 0 Å². The fourth-order valence-corrected chi connectivity index (χ4v) is 2.95. The molecule has 1 amide bonds. The van der Waals surface area contributed by atoms with Crippen LogP contribution in [0.1, 0.15) is 36.5 Å². The summed E-state index contributed by atoms with van der Waals surface area (Å²) in [4.78, 5) is 24.4. The van der Waals surface area contributed by atoms with Crippen LogP contribution >= 0.6 is 11.6 Å². The lowest BCUT2D eigenvalue weighted by Crippen LogP contribution is -2.37. The quantitative estimate of drug-likeness (QED) is 0.684. The number of halogens is 1. The highest BCUT2D eigenvalue weighted by atomic mass is 35.5. The zero-order valence-electron chi connectivity index (χ0n) is 11.7. The summed E-state index contributed by atoms with van der Waals surface area (Å²) in [6.07, 6.45) is 1.82. The number of carbonyl (C=O) groups is 1. The molecular formula is C14H17ClN2O4. The first-order valence-electron chi connectivity index (χ1n) is 6.83. The lowest BCUT2D eigenvalue weighted by Gasteiger charge is -2.25. The first kappa shape index (κ1) is 15.7. The molecule has 0 radical (unpaired) electrons. The van der Waals surface area contributed by atoms with Crippen molar-refractivity contribution in [3.8, 4) is 0 Å². The average Bonchev–Trinajstić information content (AvgIpc) is 2.84. The molecule has 1 N–H and O–H groups in total. The standard InChI is InChI=1S/C14H17ClN2O4/c1-9(18)7-11-3-2-6-16(11)14(19)10-4-5-13(17(20)21)12(15)8-10/h4-5,8-9,11,18H,2-3,6-7H2,1H3/t9-,11-/m0/s1. The fraction of sp³-hybridized carbons (Fsp3) is 0.500. The Labute approximate surface area is 127 Å². The summed E-state index contributed by atoms with van der Waals surface area (Å²) < 4.78 is 0. The van der Waals surface area contributed by atoms with Crippen LogP contribution in [0.25, 0.3) is 0 Å². The van der Waals surface area contributed by atoms with Crippen molar-refractivity contribution in [1.82, 2.24) is 4.90 Å². The van der Waals surface area contributed by atoms with Crippen LogP contribution < -0.4 is 0 Å². The molecule has 21 heavy (non-hydrogen) atoms. The largest absolute Gasteiger partial charge is 0.393 e. The molecule has 6 nitrogen and oxygen atoms in total. The Morgan fingerprint density at radius 2 is 2.33 bits per heavy atom. The summed E-state index contributed by atoms with van der Waals surface area (Å²) in [7, 11) is 0. The van der Waals surface area contributed by atoms with Gasteiger partial charge in [0, 0.05) is 24.2 Å². The van der Waals surface area contributed by atoms with Gasteiger partial charge in [0.1, 0.15) is 5.02 Å². The highest BCUT2D eigenvalue weighted by Gasteiger charge is 2.30. The molecule has 0 aliphatic carbocycles. The van der Waals surface area contributed by atoms with Gasteiger partial charge in [-0.2, -0.15) is 0 Å². The minimum Gasteiger partial charge on any atom is -0.393 e. The van der Waals surface area contributed by atoms with Crippen LogP contribution in [0.4, 0.5) is 5.69 Å². The lowest BCUT2D eigenvalue weighted by atomic mass is 10.1. The number of hydrogen-bond donors (Lipinski definition) is 1. The smallest absolute Gasteiger partial charge is 0.287 e. The number of aliphatic hydroxyl groups is 1. The van der Waals surface area contributed by atoms with Gasteiger partial charge < -0.3 is 10.0 Å². The Morgan fingerprint density at radius 1 is 1.62 bits per heavy atom. The van der Waals surface area contributed by atoms with E-state index >= 15 is 0 Å². The van der Waals surface area contributed by atoms with E-state index in [2.05, 4.69) is 0 Å². The van der Waals surface area contributed by atoms with Crippen LogP contribution in [0.3, 0.4) is 0 Å². The predicted molar refractivity (Wildman–Crippen MR) is 78.5 cm³/mol. The SMILES string of the molecule is C[C@H](O)C[C@@H]1CCCN1C(=O)c1ccc([N+](=O)[O-])c(Cl)c1. The molecule has 1 aromatic carbocycles. The third-order valence-electron chi connectivity index (χ3n) is 3.64. The Balaban J connectivity index is 2.19. The molecule has 0 bridgehead atoms. The molecule has 0 saturated carbocycles. The Morgan fingerprint density at radius 3 is 2.90 bits per heavy atom. The summed E-state index contributed by atoms with van der Waals surface area (Å²) in [5, 5.41) is 20.2. The molecular weight excluding hydrogens is 296 g/mol. The van der Waals surface area contributed by atoms with E-state index in [-0.39, 0.29) is 22.7 Å². The number of likely N-dealkylation sites (tertiary alicyclic amines) is 1. The van der Waals surface area contributed by atoms with Gasteiger partial charge in [-0.25, -0.2) is 0 Å². The number of aliphatic hydroxyl groups excluding tert-OH is 1. The van der Waals surface area contributed by atoms with E-state index in [1.807, 2.05) is 0 Å². The van der Waals surface area contributed by atoms with Gasteiger partial charge in [0.25, 0.3) is 11.6 Å². The first-order valence-corrected chi connectivity index (χ1v) is 7.21. The van der Waals surface area contributed by atoms with Gasteiger partial charge in [-0.05, 0) is 38.3 Å². The lowest BCUT2D eigenvalue weighted by molar-refractivity contribution is -0.384. The van der Waals surface area contributed by atoms with Gasteiger partial charge in [-0.3, -0.25) is 14.9 Å².